The van der Waals surface area contributed by atoms with Gasteiger partial charge in [-0.2, -0.15) is 0 Å². The number of hydrogen-bond acceptors (Lipinski definition) is 4. The summed E-state index contributed by atoms with van der Waals surface area (Å²) in [6, 6.07) is 1.78. The maximum atomic E-state index is 11.8. The van der Waals surface area contributed by atoms with Gasteiger partial charge in [-0.3, -0.25) is 4.79 Å². The summed E-state index contributed by atoms with van der Waals surface area (Å²) in [6.07, 6.45) is 1.73. The van der Waals surface area contributed by atoms with Crippen molar-refractivity contribution in [1.82, 2.24) is 14.9 Å². The van der Waals surface area contributed by atoms with E-state index in [-0.39, 0.29) is 5.56 Å². The van der Waals surface area contributed by atoms with Gasteiger partial charge in [0.1, 0.15) is 11.4 Å². The molecule has 0 aromatic carbocycles. The summed E-state index contributed by atoms with van der Waals surface area (Å²) in [5.41, 5.74) is 2.01. The lowest BCUT2D eigenvalue weighted by atomic mass is 10.3. The summed E-state index contributed by atoms with van der Waals surface area (Å²) < 4.78 is 7.03. The van der Waals surface area contributed by atoms with Crippen LogP contribution in [0.1, 0.15) is 17.0 Å². The average Bonchev–Trinajstić information content (AvgIpc) is 2.60. The maximum absolute atomic E-state index is 11.8. The summed E-state index contributed by atoms with van der Waals surface area (Å²) in [5, 5.41) is 7.42. The van der Waals surface area contributed by atoms with Gasteiger partial charge in [-0.15, -0.1) is 0 Å². The van der Waals surface area contributed by atoms with Crippen LogP contribution in [-0.2, 0) is 6.54 Å². The minimum Gasteiger partial charge on any atom is -0.308 e. The first-order chi connectivity index (χ1) is 7.58. The fraction of sp³-hybridized carbons (Fsp3) is 0.300. The van der Waals surface area contributed by atoms with E-state index in [1.807, 2.05) is 0 Å². The summed E-state index contributed by atoms with van der Waals surface area (Å²) in [4.78, 5) is 11.8. The Balaban J connectivity index is 2.43. The number of aryl methyl sites for hydroxylation is 2. The zero-order valence-corrected chi connectivity index (χ0v) is 10.5. The third-order valence-corrected chi connectivity index (χ3v) is 2.73. The van der Waals surface area contributed by atoms with Crippen molar-refractivity contribution in [2.45, 2.75) is 20.4 Å². The normalized spacial score (nSPS) is 10.7. The molecule has 5 nitrogen and oxygen atoms in total. The van der Waals surface area contributed by atoms with Crippen molar-refractivity contribution in [3.63, 3.8) is 0 Å². The van der Waals surface area contributed by atoms with E-state index in [1.165, 1.54) is 0 Å². The lowest BCUT2D eigenvalue weighted by Gasteiger charge is -2.05. The molecule has 2 aromatic rings. The fourth-order valence-electron chi connectivity index (χ4n) is 1.41. The summed E-state index contributed by atoms with van der Waals surface area (Å²) >= 11 is 3.35. The average molecular weight is 284 g/mol. The van der Waals surface area contributed by atoms with E-state index in [1.54, 1.807) is 30.7 Å². The molecule has 2 rings (SSSR count). The number of rotatable bonds is 2. The van der Waals surface area contributed by atoms with E-state index in [2.05, 4.69) is 30.9 Å². The van der Waals surface area contributed by atoms with Gasteiger partial charge in [-0.05, 0) is 35.8 Å². The Morgan fingerprint density at radius 2 is 2.19 bits per heavy atom. The smallest absolute Gasteiger partial charge is 0.253 e. The minimum atomic E-state index is -0.0365. The highest BCUT2D eigenvalue weighted by molar-refractivity contribution is 9.10. The molecule has 0 amide bonds. The van der Waals surface area contributed by atoms with E-state index in [4.69, 9.17) is 0 Å². The molecule has 0 spiro atoms. The summed E-state index contributed by atoms with van der Waals surface area (Å²) in [6.45, 7) is 3.94. The van der Waals surface area contributed by atoms with Crippen molar-refractivity contribution in [2.75, 3.05) is 0 Å². The molecule has 0 radical (unpaired) electrons. The second-order valence-electron chi connectivity index (χ2n) is 3.57. The van der Waals surface area contributed by atoms with Gasteiger partial charge in [0, 0.05) is 16.2 Å². The highest BCUT2D eigenvalue weighted by Crippen LogP contribution is 2.10. The Hall–Kier alpha value is -1.43. The van der Waals surface area contributed by atoms with Crippen molar-refractivity contribution in [2.24, 2.45) is 0 Å². The first-order valence-electron chi connectivity index (χ1n) is 4.72. The van der Waals surface area contributed by atoms with E-state index in [9.17, 15) is 4.79 Å². The van der Waals surface area contributed by atoms with Crippen molar-refractivity contribution < 1.29 is 4.63 Å². The van der Waals surface area contributed by atoms with E-state index in [0.29, 0.717) is 23.5 Å². The van der Waals surface area contributed by atoms with Crippen LogP contribution in [0.2, 0.25) is 0 Å². The number of nitrogens with zero attached hydrogens (tertiary/aromatic N) is 3. The molecule has 2 heterocycles. The third-order valence-electron chi connectivity index (χ3n) is 2.30. The number of hydrogen-bond donors (Lipinski definition) is 0. The quantitative estimate of drug-likeness (QED) is 0.841. The van der Waals surface area contributed by atoms with Gasteiger partial charge < -0.3 is 4.57 Å². The zero-order valence-electron chi connectivity index (χ0n) is 8.90. The van der Waals surface area contributed by atoms with Crippen LogP contribution in [0.15, 0.2) is 26.2 Å². The predicted octanol–water partition coefficient (Wildman–Crippen LogP) is 1.66. The number of pyridine rings is 1. The van der Waals surface area contributed by atoms with Gasteiger partial charge in [0.15, 0.2) is 0 Å². The molecule has 84 valence electrons. The highest BCUT2D eigenvalue weighted by atomic mass is 79.9. The standard InChI is InChI=1S/C10H10BrN3O2/c1-6-3-8(11)4-14(10(6)15)5-9-7(2)12-16-13-9/h3-4H,5H2,1-2H3. The first-order valence-corrected chi connectivity index (χ1v) is 5.52. The first kappa shape index (κ1) is 11.1. The molecule has 0 aliphatic rings. The molecule has 6 heteroatoms. The van der Waals surface area contributed by atoms with E-state index in [0.717, 1.165) is 4.47 Å². The van der Waals surface area contributed by atoms with Gasteiger partial charge in [0.05, 0.1) is 6.54 Å². The molecule has 0 aliphatic carbocycles. The Labute approximate surface area is 100 Å². The van der Waals surface area contributed by atoms with Gasteiger partial charge in [-0.25, -0.2) is 4.63 Å². The summed E-state index contributed by atoms with van der Waals surface area (Å²) in [5.74, 6) is 0. The Kier molecular flexibility index (Phi) is 2.91. The largest absolute Gasteiger partial charge is 0.308 e. The van der Waals surface area contributed by atoms with Crippen LogP contribution in [0, 0.1) is 13.8 Å². The van der Waals surface area contributed by atoms with Crippen molar-refractivity contribution >= 4 is 15.9 Å². The molecule has 0 fully saturated rings. The molecule has 0 saturated carbocycles. The molecule has 0 bridgehead atoms. The molecule has 0 aliphatic heterocycles. The van der Waals surface area contributed by atoms with Crippen molar-refractivity contribution in [1.29, 1.82) is 0 Å². The molecular weight excluding hydrogens is 274 g/mol. The van der Waals surface area contributed by atoms with Crippen LogP contribution in [0.25, 0.3) is 0 Å². The molecule has 2 aromatic heterocycles. The van der Waals surface area contributed by atoms with Gasteiger partial charge >= 0.3 is 0 Å². The molecule has 0 atom stereocenters. The SMILES string of the molecule is Cc1nonc1Cn1cc(Br)cc(C)c1=O. The molecule has 0 unspecified atom stereocenters. The third kappa shape index (κ3) is 2.06. The molecule has 16 heavy (non-hydrogen) atoms. The summed E-state index contributed by atoms with van der Waals surface area (Å²) in [7, 11) is 0. The second kappa shape index (κ2) is 4.21. The van der Waals surface area contributed by atoms with Crippen LogP contribution in [0.3, 0.4) is 0 Å². The van der Waals surface area contributed by atoms with E-state index < -0.39 is 0 Å². The molecular formula is C10H10BrN3O2. The van der Waals surface area contributed by atoms with Crippen LogP contribution < -0.4 is 5.56 Å². The van der Waals surface area contributed by atoms with Crippen LogP contribution >= 0.6 is 15.9 Å². The predicted molar refractivity (Wildman–Crippen MR) is 61.3 cm³/mol. The molecule has 0 N–H and O–H groups in total. The van der Waals surface area contributed by atoms with Crippen LogP contribution in [-0.4, -0.2) is 14.9 Å². The Morgan fingerprint density at radius 3 is 2.81 bits per heavy atom. The molecule has 0 saturated heterocycles. The lowest BCUT2D eigenvalue weighted by molar-refractivity contribution is 0.300. The van der Waals surface area contributed by atoms with Crippen LogP contribution in [0.4, 0.5) is 0 Å². The van der Waals surface area contributed by atoms with Crippen molar-refractivity contribution in [3.05, 3.63) is 44.0 Å². The topological polar surface area (TPSA) is 60.9 Å². The van der Waals surface area contributed by atoms with Gasteiger partial charge in [-0.1, -0.05) is 10.3 Å². The lowest BCUT2D eigenvalue weighted by Crippen LogP contribution is -2.22. The fourth-order valence-corrected chi connectivity index (χ4v) is 2.00. The minimum absolute atomic E-state index is 0.0365. The zero-order chi connectivity index (χ0) is 11.7. The number of halogens is 1. The maximum Gasteiger partial charge on any atom is 0.253 e. The highest BCUT2D eigenvalue weighted by Gasteiger charge is 2.08. The van der Waals surface area contributed by atoms with Gasteiger partial charge in [0.25, 0.3) is 5.56 Å². The number of aromatic nitrogens is 3. The second-order valence-corrected chi connectivity index (χ2v) is 4.49. The van der Waals surface area contributed by atoms with Crippen LogP contribution in [0.5, 0.6) is 0 Å². The Bertz CT molecular complexity index is 574. The van der Waals surface area contributed by atoms with E-state index >= 15 is 0 Å². The monoisotopic (exact) mass is 283 g/mol. The van der Waals surface area contributed by atoms with Crippen molar-refractivity contribution in [3.8, 4) is 0 Å². The van der Waals surface area contributed by atoms with Gasteiger partial charge in [0.2, 0.25) is 0 Å². The Morgan fingerprint density at radius 1 is 1.44 bits per heavy atom.